The predicted molar refractivity (Wildman–Crippen MR) is 49.6 cm³/mol. The van der Waals surface area contributed by atoms with Crippen LogP contribution in [-0.4, -0.2) is 18.0 Å². The molecule has 15 heavy (non-hydrogen) atoms. The average Bonchev–Trinajstić information content (AvgIpc) is 2.13. The van der Waals surface area contributed by atoms with Gasteiger partial charge >= 0.3 is 5.69 Å². The van der Waals surface area contributed by atoms with Gasteiger partial charge in [0.05, 0.1) is 4.92 Å². The smallest absolute Gasteiger partial charge is 0.329 e. The maximum atomic E-state index is 11.8. The van der Waals surface area contributed by atoms with Crippen molar-refractivity contribution in [2.75, 3.05) is 6.61 Å². The standard InChI is InChI=1S/C8H6ClF2NO3/c9-5-2-1-3-6(8(5)12(13)14)15-4-7(10)11/h1-3,7H,4H2. The molecule has 0 atom stereocenters. The molecule has 0 bridgehead atoms. The molecule has 82 valence electrons. The van der Waals surface area contributed by atoms with E-state index in [1.807, 2.05) is 0 Å². The zero-order valence-corrected chi connectivity index (χ0v) is 8.08. The fourth-order valence-corrected chi connectivity index (χ4v) is 1.18. The third-order valence-corrected chi connectivity index (χ3v) is 1.80. The van der Waals surface area contributed by atoms with Crippen LogP contribution in [-0.2, 0) is 0 Å². The van der Waals surface area contributed by atoms with Crippen molar-refractivity contribution >= 4 is 17.3 Å². The van der Waals surface area contributed by atoms with Crippen LogP contribution in [0.2, 0.25) is 5.02 Å². The van der Waals surface area contributed by atoms with E-state index in [9.17, 15) is 18.9 Å². The molecule has 7 heteroatoms. The minimum atomic E-state index is -2.69. The van der Waals surface area contributed by atoms with E-state index in [1.165, 1.54) is 18.2 Å². The average molecular weight is 238 g/mol. The Hall–Kier alpha value is -1.43. The molecule has 4 nitrogen and oxygen atoms in total. The van der Waals surface area contributed by atoms with Crippen LogP contribution >= 0.6 is 11.6 Å². The van der Waals surface area contributed by atoms with Gasteiger partial charge in [0.15, 0.2) is 5.75 Å². The molecule has 0 saturated carbocycles. The Morgan fingerprint density at radius 1 is 1.53 bits per heavy atom. The van der Waals surface area contributed by atoms with Crippen molar-refractivity contribution in [2.24, 2.45) is 0 Å². The Kier molecular flexibility index (Phi) is 3.79. The number of nitrogens with zero attached hydrogens (tertiary/aromatic N) is 1. The Morgan fingerprint density at radius 2 is 2.20 bits per heavy atom. The van der Waals surface area contributed by atoms with Gasteiger partial charge in [0.25, 0.3) is 6.43 Å². The number of hydrogen-bond donors (Lipinski definition) is 0. The molecule has 1 aromatic carbocycles. The fourth-order valence-electron chi connectivity index (χ4n) is 0.942. The van der Waals surface area contributed by atoms with Gasteiger partial charge in [-0.25, -0.2) is 8.78 Å². The largest absolute Gasteiger partial charge is 0.481 e. The molecule has 0 heterocycles. The normalized spacial score (nSPS) is 10.4. The maximum Gasteiger partial charge on any atom is 0.329 e. The van der Waals surface area contributed by atoms with Crippen LogP contribution in [0, 0.1) is 10.1 Å². The van der Waals surface area contributed by atoms with E-state index in [4.69, 9.17) is 11.6 Å². The summed E-state index contributed by atoms with van der Waals surface area (Å²) in [5.74, 6) is -0.257. The molecule has 0 spiro atoms. The van der Waals surface area contributed by atoms with E-state index < -0.39 is 23.6 Å². The number of benzene rings is 1. The number of nitro benzene ring substituents is 1. The Labute approximate surface area is 88.6 Å². The lowest BCUT2D eigenvalue weighted by atomic mass is 10.3. The molecule has 0 aliphatic heterocycles. The molecule has 0 aromatic heterocycles. The lowest BCUT2D eigenvalue weighted by Crippen LogP contribution is -2.08. The molecule has 0 radical (unpaired) electrons. The van der Waals surface area contributed by atoms with Crippen molar-refractivity contribution in [2.45, 2.75) is 6.43 Å². The van der Waals surface area contributed by atoms with Gasteiger partial charge in [0, 0.05) is 0 Å². The van der Waals surface area contributed by atoms with Gasteiger partial charge < -0.3 is 4.74 Å². The third kappa shape index (κ3) is 3.02. The number of para-hydroxylation sites is 1. The van der Waals surface area contributed by atoms with Crippen molar-refractivity contribution in [1.82, 2.24) is 0 Å². The summed E-state index contributed by atoms with van der Waals surface area (Å²) < 4.78 is 28.2. The lowest BCUT2D eigenvalue weighted by molar-refractivity contribution is -0.385. The van der Waals surface area contributed by atoms with Gasteiger partial charge in [0.2, 0.25) is 0 Å². The summed E-state index contributed by atoms with van der Waals surface area (Å²) in [5.41, 5.74) is -0.500. The fraction of sp³-hybridized carbons (Fsp3) is 0.250. The molecule has 0 fully saturated rings. The molecule has 0 saturated heterocycles. The second-order valence-electron chi connectivity index (χ2n) is 2.55. The summed E-state index contributed by atoms with van der Waals surface area (Å²) in [5, 5.41) is 10.4. The van der Waals surface area contributed by atoms with Crippen LogP contribution in [0.1, 0.15) is 0 Å². The van der Waals surface area contributed by atoms with Crippen molar-refractivity contribution in [3.8, 4) is 5.75 Å². The van der Waals surface area contributed by atoms with E-state index in [-0.39, 0.29) is 10.8 Å². The molecule has 0 N–H and O–H groups in total. The van der Waals surface area contributed by atoms with Crippen molar-refractivity contribution in [3.63, 3.8) is 0 Å². The molecule has 1 rings (SSSR count). The quantitative estimate of drug-likeness (QED) is 0.598. The first-order chi connectivity index (χ1) is 7.02. The Bertz CT molecular complexity index is 373. The van der Waals surface area contributed by atoms with Gasteiger partial charge in [0.1, 0.15) is 11.6 Å². The summed E-state index contributed by atoms with van der Waals surface area (Å²) in [7, 11) is 0. The Morgan fingerprint density at radius 3 is 2.73 bits per heavy atom. The minimum Gasteiger partial charge on any atom is -0.481 e. The van der Waals surface area contributed by atoms with Gasteiger partial charge in [-0.1, -0.05) is 17.7 Å². The van der Waals surface area contributed by atoms with Gasteiger partial charge in [-0.2, -0.15) is 0 Å². The van der Waals surface area contributed by atoms with Crippen molar-refractivity contribution < 1.29 is 18.4 Å². The Balaban J connectivity index is 2.96. The summed E-state index contributed by atoms with van der Waals surface area (Å²) in [6, 6.07) is 3.89. The SMILES string of the molecule is O=[N+]([O-])c1c(Cl)cccc1OCC(F)F. The molecule has 0 aliphatic carbocycles. The molecule has 0 unspecified atom stereocenters. The van der Waals surface area contributed by atoms with Crippen LogP contribution < -0.4 is 4.74 Å². The van der Waals surface area contributed by atoms with Crippen LogP contribution in [0.5, 0.6) is 5.75 Å². The van der Waals surface area contributed by atoms with Gasteiger partial charge in [-0.3, -0.25) is 10.1 Å². The predicted octanol–water partition coefficient (Wildman–Crippen LogP) is 2.89. The highest BCUT2D eigenvalue weighted by Crippen LogP contribution is 2.34. The zero-order chi connectivity index (χ0) is 11.4. The van der Waals surface area contributed by atoms with E-state index in [0.717, 1.165) is 0 Å². The van der Waals surface area contributed by atoms with Crippen LogP contribution in [0.4, 0.5) is 14.5 Å². The highest BCUT2D eigenvalue weighted by molar-refractivity contribution is 6.32. The maximum absolute atomic E-state index is 11.8. The molecule has 1 aromatic rings. The second-order valence-corrected chi connectivity index (χ2v) is 2.95. The number of hydrogen-bond acceptors (Lipinski definition) is 3. The number of halogens is 3. The summed E-state index contributed by atoms with van der Waals surface area (Å²) in [4.78, 5) is 9.77. The first-order valence-corrected chi connectivity index (χ1v) is 4.24. The molecular weight excluding hydrogens is 232 g/mol. The lowest BCUT2D eigenvalue weighted by Gasteiger charge is -2.06. The highest BCUT2D eigenvalue weighted by atomic mass is 35.5. The summed E-state index contributed by atoms with van der Waals surface area (Å²) in [6.07, 6.45) is -2.69. The highest BCUT2D eigenvalue weighted by Gasteiger charge is 2.20. The number of nitro groups is 1. The minimum absolute atomic E-state index is 0.147. The number of ether oxygens (including phenoxy) is 1. The zero-order valence-electron chi connectivity index (χ0n) is 7.32. The first-order valence-electron chi connectivity index (χ1n) is 3.86. The third-order valence-electron chi connectivity index (χ3n) is 1.50. The van der Waals surface area contributed by atoms with E-state index >= 15 is 0 Å². The van der Waals surface area contributed by atoms with E-state index in [2.05, 4.69) is 4.74 Å². The second kappa shape index (κ2) is 4.88. The first kappa shape index (κ1) is 11.6. The van der Waals surface area contributed by atoms with Gasteiger partial charge in [-0.15, -0.1) is 0 Å². The summed E-state index contributed by atoms with van der Waals surface area (Å²) >= 11 is 5.53. The molecule has 0 amide bonds. The van der Waals surface area contributed by atoms with Crippen LogP contribution in [0.15, 0.2) is 18.2 Å². The van der Waals surface area contributed by atoms with Crippen molar-refractivity contribution in [1.29, 1.82) is 0 Å². The monoisotopic (exact) mass is 237 g/mol. The molecule has 0 aliphatic rings. The summed E-state index contributed by atoms with van der Waals surface area (Å²) in [6.45, 7) is -0.902. The van der Waals surface area contributed by atoms with Crippen LogP contribution in [0.25, 0.3) is 0 Å². The van der Waals surface area contributed by atoms with Crippen LogP contribution in [0.3, 0.4) is 0 Å². The van der Waals surface area contributed by atoms with E-state index in [0.29, 0.717) is 0 Å². The topological polar surface area (TPSA) is 52.4 Å². The number of rotatable bonds is 4. The van der Waals surface area contributed by atoms with Gasteiger partial charge in [-0.05, 0) is 12.1 Å². The molecular formula is C8H6ClF2NO3. The van der Waals surface area contributed by atoms with Crippen molar-refractivity contribution in [3.05, 3.63) is 33.3 Å². The van der Waals surface area contributed by atoms with E-state index in [1.54, 1.807) is 0 Å². The number of alkyl halides is 2.